The van der Waals surface area contributed by atoms with E-state index < -0.39 is 6.04 Å². The van der Waals surface area contributed by atoms with Crippen molar-refractivity contribution in [1.82, 2.24) is 9.80 Å². The summed E-state index contributed by atoms with van der Waals surface area (Å²) >= 11 is 0. The van der Waals surface area contributed by atoms with Gasteiger partial charge in [-0.1, -0.05) is 0 Å². The molecule has 1 atom stereocenters. The molecule has 148 valence electrons. The van der Waals surface area contributed by atoms with E-state index in [-0.39, 0.29) is 17.6 Å². The van der Waals surface area contributed by atoms with Gasteiger partial charge in [-0.3, -0.25) is 9.59 Å². The Bertz CT molecular complexity index is 877. The Balaban J connectivity index is 1.52. The number of hydrogen-bond donors (Lipinski definition) is 0. The van der Waals surface area contributed by atoms with Crippen molar-refractivity contribution in [3.8, 4) is 11.5 Å². The molecule has 28 heavy (non-hydrogen) atoms. The van der Waals surface area contributed by atoms with Gasteiger partial charge in [0.1, 0.15) is 6.04 Å². The molecule has 7 heteroatoms. The van der Waals surface area contributed by atoms with Gasteiger partial charge < -0.3 is 23.7 Å². The average Bonchev–Trinajstić information content (AvgIpc) is 3.43. The van der Waals surface area contributed by atoms with Crippen molar-refractivity contribution < 1.29 is 23.5 Å². The second-order valence-corrected chi connectivity index (χ2v) is 7.12. The predicted molar refractivity (Wildman–Crippen MR) is 101 cm³/mol. The van der Waals surface area contributed by atoms with Crippen LogP contribution in [0, 0.1) is 0 Å². The van der Waals surface area contributed by atoms with Crippen molar-refractivity contribution in [3.63, 3.8) is 0 Å². The third-order valence-corrected chi connectivity index (χ3v) is 5.56. The fourth-order valence-electron chi connectivity index (χ4n) is 4.09. The molecule has 2 aliphatic rings. The van der Waals surface area contributed by atoms with Gasteiger partial charge in [0, 0.05) is 19.6 Å². The summed E-state index contributed by atoms with van der Waals surface area (Å²) in [5.41, 5.74) is 2.22. The quantitative estimate of drug-likeness (QED) is 0.810. The predicted octanol–water partition coefficient (Wildman–Crippen LogP) is 2.49. The van der Waals surface area contributed by atoms with Crippen molar-refractivity contribution >= 4 is 11.8 Å². The van der Waals surface area contributed by atoms with Crippen molar-refractivity contribution in [3.05, 3.63) is 47.4 Å². The molecular formula is C21H24N2O5. The lowest BCUT2D eigenvalue weighted by molar-refractivity contribution is -0.136. The van der Waals surface area contributed by atoms with E-state index >= 15 is 0 Å². The zero-order chi connectivity index (χ0) is 19.7. The molecule has 7 nitrogen and oxygen atoms in total. The molecule has 1 fully saturated rings. The first kappa shape index (κ1) is 18.4. The molecule has 4 rings (SSSR count). The highest BCUT2D eigenvalue weighted by Gasteiger charge is 2.38. The molecule has 0 N–H and O–H groups in total. The third kappa shape index (κ3) is 3.21. The van der Waals surface area contributed by atoms with Gasteiger partial charge in [-0.05, 0) is 54.7 Å². The standard InChI is InChI=1S/C21H24N2O5/c1-26-18-11-14-7-9-22(13-15(14)12-19(18)27-2)20(24)16-5-3-8-23(16)21(25)17-6-4-10-28-17/h4,6,10-12,16H,3,5,7-9,13H2,1-2H3. The highest BCUT2D eigenvalue weighted by Crippen LogP contribution is 2.34. The smallest absolute Gasteiger partial charge is 0.290 e. The lowest BCUT2D eigenvalue weighted by atomic mass is 9.98. The van der Waals surface area contributed by atoms with Crippen LogP contribution >= 0.6 is 0 Å². The number of likely N-dealkylation sites (tertiary alicyclic amines) is 1. The van der Waals surface area contributed by atoms with E-state index in [2.05, 4.69) is 0 Å². The lowest BCUT2D eigenvalue weighted by Gasteiger charge is -2.33. The maximum absolute atomic E-state index is 13.2. The molecule has 0 aliphatic carbocycles. The first-order valence-corrected chi connectivity index (χ1v) is 9.49. The van der Waals surface area contributed by atoms with Gasteiger partial charge in [-0.2, -0.15) is 0 Å². The number of methoxy groups -OCH3 is 2. The van der Waals surface area contributed by atoms with Crippen LogP contribution in [0.25, 0.3) is 0 Å². The first-order valence-electron chi connectivity index (χ1n) is 9.49. The van der Waals surface area contributed by atoms with E-state index in [0.29, 0.717) is 37.6 Å². The Labute approximate surface area is 163 Å². The summed E-state index contributed by atoms with van der Waals surface area (Å²) in [5.74, 6) is 1.42. The molecule has 2 aromatic rings. The molecule has 3 heterocycles. The summed E-state index contributed by atoms with van der Waals surface area (Å²) in [7, 11) is 3.22. The number of furan rings is 1. The van der Waals surface area contributed by atoms with Gasteiger partial charge in [-0.25, -0.2) is 0 Å². The minimum absolute atomic E-state index is 0.00200. The SMILES string of the molecule is COc1cc2c(cc1OC)CN(C(=O)C1CCCN1C(=O)c1ccco1)CC2. The number of hydrogen-bond acceptors (Lipinski definition) is 5. The maximum Gasteiger partial charge on any atom is 0.290 e. The number of nitrogens with zero attached hydrogens (tertiary/aromatic N) is 2. The van der Waals surface area contributed by atoms with E-state index in [1.54, 1.807) is 31.3 Å². The molecule has 1 aromatic carbocycles. The molecule has 1 unspecified atom stereocenters. The summed E-state index contributed by atoms with van der Waals surface area (Å²) in [6.45, 7) is 1.71. The Kier molecular flexibility index (Phi) is 4.98. The minimum atomic E-state index is -0.431. The monoisotopic (exact) mass is 384 g/mol. The van der Waals surface area contributed by atoms with Crippen LogP contribution in [0.15, 0.2) is 34.9 Å². The van der Waals surface area contributed by atoms with Gasteiger partial charge in [0.15, 0.2) is 17.3 Å². The molecule has 1 aromatic heterocycles. The first-order chi connectivity index (χ1) is 13.6. The number of amides is 2. The summed E-state index contributed by atoms with van der Waals surface area (Å²) in [6, 6.07) is 6.81. The van der Waals surface area contributed by atoms with Gasteiger partial charge in [0.2, 0.25) is 5.91 Å². The highest BCUT2D eigenvalue weighted by atomic mass is 16.5. The van der Waals surface area contributed by atoms with Gasteiger partial charge in [-0.15, -0.1) is 0 Å². The topological polar surface area (TPSA) is 72.2 Å². The molecule has 1 saturated heterocycles. The van der Waals surface area contributed by atoms with E-state index in [0.717, 1.165) is 24.0 Å². The normalized spacial score (nSPS) is 18.7. The second kappa shape index (κ2) is 7.58. The van der Waals surface area contributed by atoms with Gasteiger partial charge in [0.05, 0.1) is 20.5 Å². The summed E-state index contributed by atoms with van der Waals surface area (Å²) in [6.07, 6.45) is 3.72. The fourth-order valence-corrected chi connectivity index (χ4v) is 4.09. The number of rotatable bonds is 4. The Morgan fingerprint density at radius 3 is 2.54 bits per heavy atom. The van der Waals surface area contributed by atoms with Crippen LogP contribution in [0.1, 0.15) is 34.5 Å². The largest absolute Gasteiger partial charge is 0.493 e. The van der Waals surface area contributed by atoms with Crippen LogP contribution in [-0.4, -0.2) is 55.0 Å². The molecule has 2 aliphatic heterocycles. The van der Waals surface area contributed by atoms with Crippen molar-refractivity contribution in [2.75, 3.05) is 27.3 Å². The Morgan fingerprint density at radius 2 is 1.86 bits per heavy atom. The molecule has 0 radical (unpaired) electrons. The molecular weight excluding hydrogens is 360 g/mol. The lowest BCUT2D eigenvalue weighted by Crippen LogP contribution is -2.49. The summed E-state index contributed by atoms with van der Waals surface area (Å²) < 4.78 is 16.0. The van der Waals surface area contributed by atoms with Crippen LogP contribution < -0.4 is 9.47 Å². The van der Waals surface area contributed by atoms with Crippen LogP contribution in [0.4, 0.5) is 0 Å². The highest BCUT2D eigenvalue weighted by molar-refractivity contribution is 5.96. The molecule has 0 saturated carbocycles. The van der Waals surface area contributed by atoms with Gasteiger partial charge in [0.25, 0.3) is 5.91 Å². The number of carbonyl (C=O) groups is 2. The van der Waals surface area contributed by atoms with Crippen LogP contribution in [0.3, 0.4) is 0 Å². The third-order valence-electron chi connectivity index (χ3n) is 5.56. The van der Waals surface area contributed by atoms with E-state index in [4.69, 9.17) is 13.9 Å². The van der Waals surface area contributed by atoms with Crippen LogP contribution in [-0.2, 0) is 17.8 Å². The van der Waals surface area contributed by atoms with Crippen LogP contribution in [0.5, 0.6) is 11.5 Å². The van der Waals surface area contributed by atoms with Crippen molar-refractivity contribution in [2.24, 2.45) is 0 Å². The Hall–Kier alpha value is -2.96. The molecule has 2 amide bonds. The fraction of sp³-hybridized carbons (Fsp3) is 0.429. The van der Waals surface area contributed by atoms with E-state index in [1.807, 2.05) is 17.0 Å². The molecule has 0 spiro atoms. The number of ether oxygens (including phenoxy) is 2. The van der Waals surface area contributed by atoms with Crippen molar-refractivity contribution in [1.29, 1.82) is 0 Å². The van der Waals surface area contributed by atoms with Crippen LogP contribution in [0.2, 0.25) is 0 Å². The minimum Gasteiger partial charge on any atom is -0.493 e. The Morgan fingerprint density at radius 1 is 1.11 bits per heavy atom. The van der Waals surface area contributed by atoms with Gasteiger partial charge >= 0.3 is 0 Å². The summed E-state index contributed by atoms with van der Waals surface area (Å²) in [4.78, 5) is 29.4. The molecule has 0 bridgehead atoms. The zero-order valence-corrected chi connectivity index (χ0v) is 16.1. The number of benzene rings is 1. The van der Waals surface area contributed by atoms with E-state index in [9.17, 15) is 9.59 Å². The second-order valence-electron chi connectivity index (χ2n) is 7.12. The maximum atomic E-state index is 13.2. The average molecular weight is 384 g/mol. The number of carbonyl (C=O) groups excluding carboxylic acids is 2. The number of fused-ring (bicyclic) bond motifs is 1. The van der Waals surface area contributed by atoms with Crippen molar-refractivity contribution in [2.45, 2.75) is 31.8 Å². The van der Waals surface area contributed by atoms with E-state index in [1.165, 1.54) is 6.26 Å². The zero-order valence-electron chi connectivity index (χ0n) is 16.1. The summed E-state index contributed by atoms with van der Waals surface area (Å²) in [5, 5.41) is 0.